The van der Waals surface area contributed by atoms with Crippen LogP contribution in [0.3, 0.4) is 0 Å². The van der Waals surface area contributed by atoms with Gasteiger partial charge in [-0.15, -0.1) is 0 Å². The van der Waals surface area contributed by atoms with E-state index in [0.29, 0.717) is 19.3 Å². The Morgan fingerprint density at radius 3 is 1.92 bits per heavy atom. The molecule has 0 aliphatic carbocycles. The van der Waals surface area contributed by atoms with Crippen molar-refractivity contribution < 1.29 is 50.0 Å². The summed E-state index contributed by atoms with van der Waals surface area (Å²) in [6.45, 7) is 3.21. The molecule has 1 amide bonds. The van der Waals surface area contributed by atoms with Crippen LogP contribution >= 0.6 is 0 Å². The van der Waals surface area contributed by atoms with E-state index in [2.05, 4.69) is 61.7 Å². The molecule has 1 aliphatic heterocycles. The van der Waals surface area contributed by atoms with E-state index < -0.39 is 74.2 Å². The summed E-state index contributed by atoms with van der Waals surface area (Å²) in [5.74, 6) is -0.726. The Bertz CT molecular complexity index is 987. The topological polar surface area (TPSA) is 189 Å². The largest absolute Gasteiger partial charge is 0.394 e. The van der Waals surface area contributed by atoms with Gasteiger partial charge in [0.25, 0.3) is 0 Å². The van der Waals surface area contributed by atoms with Crippen LogP contribution in [-0.2, 0) is 14.3 Å². The van der Waals surface area contributed by atoms with Gasteiger partial charge in [0.05, 0.1) is 25.4 Å². The van der Waals surface area contributed by atoms with E-state index in [1.165, 1.54) is 19.3 Å². The second-order valence-corrected chi connectivity index (χ2v) is 14.0. The van der Waals surface area contributed by atoms with Crippen LogP contribution in [0.15, 0.2) is 48.6 Å². The summed E-state index contributed by atoms with van der Waals surface area (Å²) in [7, 11) is 0. The standard InChI is InChI=1S/C41H73NO10/c1-3-5-7-9-11-13-14-15-16-17-18-19-21-23-25-27-29-34(45)40(50)42-32(31-51-41-39(49)38(48)37(47)35(30-43)52-41)36(46)33(44)28-26-24-22-20-12-10-8-6-4-2/h6,8,11,13,15-16,20,22,32-39,41,43-49H,3-5,7,9-10,12,14,17-19,21,23-31H2,1-2H3,(H,42,50)/b8-6+,13-11-,16-15-,22-20+. The zero-order chi connectivity index (χ0) is 38.4. The van der Waals surface area contributed by atoms with Gasteiger partial charge in [0.1, 0.15) is 36.6 Å². The molecule has 1 fully saturated rings. The highest BCUT2D eigenvalue weighted by atomic mass is 16.7. The maximum absolute atomic E-state index is 13.0. The molecule has 0 saturated carbocycles. The Morgan fingerprint density at radius 2 is 1.27 bits per heavy atom. The molecule has 9 atom stereocenters. The van der Waals surface area contributed by atoms with Crippen LogP contribution in [0.4, 0.5) is 0 Å². The fourth-order valence-corrected chi connectivity index (χ4v) is 5.96. The van der Waals surface area contributed by atoms with Gasteiger partial charge < -0.3 is 50.5 Å². The maximum atomic E-state index is 13.0. The number of amides is 1. The Hall–Kier alpha value is -1.93. The predicted molar refractivity (Wildman–Crippen MR) is 205 cm³/mol. The number of nitrogens with one attached hydrogen (secondary N) is 1. The fraction of sp³-hybridized carbons (Fsp3) is 0.780. The third-order valence-electron chi connectivity index (χ3n) is 9.34. The number of hydrogen-bond donors (Lipinski definition) is 8. The lowest BCUT2D eigenvalue weighted by Crippen LogP contribution is -2.60. The molecule has 0 aromatic carbocycles. The number of allylic oxidation sites excluding steroid dienone is 8. The molecule has 8 N–H and O–H groups in total. The smallest absolute Gasteiger partial charge is 0.249 e. The highest BCUT2D eigenvalue weighted by molar-refractivity contribution is 5.80. The van der Waals surface area contributed by atoms with Crippen LogP contribution in [0, 0.1) is 0 Å². The molecule has 0 bridgehead atoms. The molecular weight excluding hydrogens is 666 g/mol. The maximum Gasteiger partial charge on any atom is 0.249 e. The zero-order valence-electron chi connectivity index (χ0n) is 32.0. The second-order valence-electron chi connectivity index (χ2n) is 14.0. The van der Waals surface area contributed by atoms with Gasteiger partial charge in [-0.25, -0.2) is 0 Å². The third kappa shape index (κ3) is 21.7. The number of unbranched alkanes of at least 4 members (excludes halogenated alkanes) is 11. The Balaban J connectivity index is 2.54. The summed E-state index contributed by atoms with van der Waals surface area (Å²) >= 11 is 0. The van der Waals surface area contributed by atoms with Crippen molar-refractivity contribution in [3.63, 3.8) is 0 Å². The first-order valence-electron chi connectivity index (χ1n) is 20.0. The van der Waals surface area contributed by atoms with Crippen LogP contribution < -0.4 is 5.32 Å². The molecule has 0 aromatic heterocycles. The number of aliphatic hydroxyl groups excluding tert-OH is 7. The van der Waals surface area contributed by atoms with Gasteiger partial charge in [-0.2, -0.15) is 0 Å². The first kappa shape index (κ1) is 48.1. The first-order valence-corrected chi connectivity index (χ1v) is 20.0. The number of ether oxygens (including phenoxy) is 2. The van der Waals surface area contributed by atoms with Gasteiger partial charge >= 0.3 is 0 Å². The third-order valence-corrected chi connectivity index (χ3v) is 9.34. The monoisotopic (exact) mass is 740 g/mol. The second kappa shape index (κ2) is 31.4. The average Bonchev–Trinajstić information content (AvgIpc) is 3.14. The molecule has 11 heteroatoms. The van der Waals surface area contributed by atoms with E-state index in [1.54, 1.807) is 0 Å². The number of rotatable bonds is 31. The van der Waals surface area contributed by atoms with Crippen molar-refractivity contribution in [1.82, 2.24) is 5.32 Å². The molecule has 302 valence electrons. The number of carbonyl (C=O) groups excluding carboxylic acids is 1. The molecule has 0 aromatic rings. The average molecular weight is 740 g/mol. The summed E-state index contributed by atoms with van der Waals surface area (Å²) in [6, 6.07) is -1.19. The van der Waals surface area contributed by atoms with E-state index in [1.807, 2.05) is 6.08 Å². The highest BCUT2D eigenvalue weighted by Gasteiger charge is 2.44. The van der Waals surface area contributed by atoms with E-state index in [9.17, 15) is 40.5 Å². The fourth-order valence-electron chi connectivity index (χ4n) is 5.96. The number of aliphatic hydroxyl groups is 7. The lowest BCUT2D eigenvalue weighted by atomic mass is 9.98. The normalized spacial score (nSPS) is 23.6. The van der Waals surface area contributed by atoms with Gasteiger partial charge in [-0.3, -0.25) is 4.79 Å². The SMILES string of the molecule is CC/C=C/CC/C=C/CCCC(O)C(O)C(COC1OC(CO)C(O)C(O)C1O)NC(=O)C(O)CCCCCCCC/C=C\C/C=C\CCCCC. The van der Waals surface area contributed by atoms with Crippen LogP contribution in [0.25, 0.3) is 0 Å². The summed E-state index contributed by atoms with van der Waals surface area (Å²) in [4.78, 5) is 13.0. The van der Waals surface area contributed by atoms with Gasteiger partial charge in [0.15, 0.2) is 6.29 Å². The van der Waals surface area contributed by atoms with Crippen molar-refractivity contribution in [3.05, 3.63) is 48.6 Å². The molecule has 0 radical (unpaired) electrons. The number of hydrogen-bond acceptors (Lipinski definition) is 10. The Kier molecular flexibility index (Phi) is 29.1. The van der Waals surface area contributed by atoms with Crippen molar-refractivity contribution >= 4 is 5.91 Å². The molecule has 9 unspecified atom stereocenters. The summed E-state index contributed by atoms with van der Waals surface area (Å²) < 4.78 is 11.0. The van der Waals surface area contributed by atoms with E-state index in [-0.39, 0.29) is 12.8 Å². The van der Waals surface area contributed by atoms with Crippen LogP contribution in [0.1, 0.15) is 136 Å². The first-order chi connectivity index (χ1) is 25.2. The molecule has 1 heterocycles. The van der Waals surface area contributed by atoms with Gasteiger partial charge in [0, 0.05) is 0 Å². The minimum Gasteiger partial charge on any atom is -0.394 e. The predicted octanol–water partition coefficient (Wildman–Crippen LogP) is 5.05. The molecule has 52 heavy (non-hydrogen) atoms. The summed E-state index contributed by atoms with van der Waals surface area (Å²) in [5.41, 5.74) is 0. The van der Waals surface area contributed by atoms with E-state index >= 15 is 0 Å². The van der Waals surface area contributed by atoms with Crippen molar-refractivity contribution in [1.29, 1.82) is 0 Å². The molecular formula is C41H73NO10. The quantitative estimate of drug-likeness (QED) is 0.0353. The molecule has 0 spiro atoms. The van der Waals surface area contributed by atoms with Crippen LogP contribution in [0.2, 0.25) is 0 Å². The van der Waals surface area contributed by atoms with Crippen molar-refractivity contribution in [2.75, 3.05) is 13.2 Å². The molecule has 1 rings (SSSR count). The Labute approximate surface area is 313 Å². The number of carbonyl (C=O) groups is 1. The van der Waals surface area contributed by atoms with Crippen molar-refractivity contribution in [2.45, 2.75) is 191 Å². The van der Waals surface area contributed by atoms with Crippen molar-refractivity contribution in [2.24, 2.45) is 0 Å². The lowest BCUT2D eigenvalue weighted by Gasteiger charge is -2.40. The molecule has 11 nitrogen and oxygen atoms in total. The zero-order valence-corrected chi connectivity index (χ0v) is 32.0. The van der Waals surface area contributed by atoms with Crippen molar-refractivity contribution in [3.8, 4) is 0 Å². The van der Waals surface area contributed by atoms with Gasteiger partial charge in [-0.05, 0) is 77.0 Å². The summed E-state index contributed by atoms with van der Waals surface area (Å²) in [6.07, 6.45) is 23.3. The van der Waals surface area contributed by atoms with Crippen LogP contribution in [0.5, 0.6) is 0 Å². The molecule has 1 saturated heterocycles. The van der Waals surface area contributed by atoms with Crippen LogP contribution in [-0.4, -0.2) is 110 Å². The highest BCUT2D eigenvalue weighted by Crippen LogP contribution is 2.23. The Morgan fingerprint density at radius 1 is 0.692 bits per heavy atom. The van der Waals surface area contributed by atoms with E-state index in [4.69, 9.17) is 9.47 Å². The molecule has 1 aliphatic rings. The summed E-state index contributed by atoms with van der Waals surface area (Å²) in [5, 5.41) is 75.1. The minimum atomic E-state index is -1.67. The van der Waals surface area contributed by atoms with E-state index in [0.717, 1.165) is 70.6 Å². The minimum absolute atomic E-state index is 0.236. The van der Waals surface area contributed by atoms with Gasteiger partial charge in [-0.1, -0.05) is 107 Å². The lowest BCUT2D eigenvalue weighted by molar-refractivity contribution is -0.303. The van der Waals surface area contributed by atoms with Gasteiger partial charge in [0.2, 0.25) is 5.91 Å².